The molecule has 4 nitrogen and oxygen atoms in total. The summed E-state index contributed by atoms with van der Waals surface area (Å²) in [5, 5.41) is 3.51. The molecule has 0 spiro atoms. The lowest BCUT2D eigenvalue weighted by atomic mass is 9.97. The number of likely N-dealkylation sites (tertiary alicyclic amines) is 1. The molecule has 0 aliphatic carbocycles. The highest BCUT2D eigenvalue weighted by Gasteiger charge is 2.19. The van der Waals surface area contributed by atoms with E-state index in [-0.39, 0.29) is 5.91 Å². The van der Waals surface area contributed by atoms with E-state index in [1.807, 2.05) is 6.92 Å². The Bertz CT molecular complexity index is 479. The van der Waals surface area contributed by atoms with Gasteiger partial charge >= 0.3 is 0 Å². The molecule has 1 amide bonds. The van der Waals surface area contributed by atoms with Gasteiger partial charge in [0, 0.05) is 19.3 Å². The van der Waals surface area contributed by atoms with Gasteiger partial charge in [-0.25, -0.2) is 4.98 Å². The molecule has 0 unspecified atom stereocenters. The Labute approximate surface area is 131 Å². The summed E-state index contributed by atoms with van der Waals surface area (Å²) in [5.41, 5.74) is 0.421. The van der Waals surface area contributed by atoms with Crippen LogP contribution in [0.1, 0.15) is 30.3 Å². The van der Waals surface area contributed by atoms with Crippen LogP contribution in [-0.2, 0) is 0 Å². The van der Waals surface area contributed by atoms with Gasteiger partial charge < -0.3 is 5.32 Å². The van der Waals surface area contributed by atoms with Crippen LogP contribution in [-0.4, -0.2) is 42.0 Å². The molecule has 1 saturated heterocycles. The Morgan fingerprint density at radius 3 is 2.86 bits per heavy atom. The summed E-state index contributed by atoms with van der Waals surface area (Å²) in [7, 11) is 0. The zero-order chi connectivity index (χ0) is 15.1. The van der Waals surface area contributed by atoms with E-state index >= 15 is 0 Å². The molecule has 0 radical (unpaired) electrons. The zero-order valence-corrected chi connectivity index (χ0v) is 13.1. The number of pyridine rings is 1. The van der Waals surface area contributed by atoms with Gasteiger partial charge in [0.15, 0.2) is 0 Å². The monoisotopic (exact) mass is 307 g/mol. The summed E-state index contributed by atoms with van der Waals surface area (Å²) < 4.78 is 0. The highest BCUT2D eigenvalue weighted by atomic mass is 35.5. The summed E-state index contributed by atoms with van der Waals surface area (Å²) in [6, 6.07) is 3.33. The largest absolute Gasteiger partial charge is 0.350 e. The van der Waals surface area contributed by atoms with Crippen molar-refractivity contribution in [2.24, 2.45) is 5.92 Å². The normalized spacial score (nSPS) is 17.2. The Morgan fingerprint density at radius 1 is 1.48 bits per heavy atom. The van der Waals surface area contributed by atoms with Gasteiger partial charge in [-0.15, -0.1) is 0 Å². The molecule has 0 atom stereocenters. The number of nitrogens with zero attached hydrogens (tertiary/aromatic N) is 2. The van der Waals surface area contributed by atoms with E-state index in [2.05, 4.69) is 27.4 Å². The number of piperidine rings is 1. The minimum absolute atomic E-state index is 0.122. The molecule has 1 aromatic rings. The van der Waals surface area contributed by atoms with Crippen LogP contribution in [0.4, 0.5) is 0 Å². The van der Waals surface area contributed by atoms with Crippen LogP contribution in [0.5, 0.6) is 0 Å². The predicted octanol–water partition coefficient (Wildman–Crippen LogP) is 2.75. The van der Waals surface area contributed by atoms with Gasteiger partial charge in [-0.3, -0.25) is 9.69 Å². The van der Waals surface area contributed by atoms with Crippen molar-refractivity contribution < 1.29 is 4.79 Å². The first-order valence-electron chi connectivity index (χ1n) is 7.42. The molecule has 2 rings (SSSR count). The van der Waals surface area contributed by atoms with Gasteiger partial charge in [0.1, 0.15) is 5.69 Å². The number of carbonyl (C=O) groups excluding carboxylic acids is 1. The van der Waals surface area contributed by atoms with Crippen molar-refractivity contribution in [3.8, 4) is 0 Å². The fraction of sp³-hybridized carbons (Fsp3) is 0.500. The molecular formula is C16H22ClN3O. The highest BCUT2D eigenvalue weighted by Crippen LogP contribution is 2.16. The third kappa shape index (κ3) is 5.14. The number of carbonyl (C=O) groups is 1. The average molecular weight is 308 g/mol. The first kappa shape index (κ1) is 16.0. The molecule has 21 heavy (non-hydrogen) atoms. The van der Waals surface area contributed by atoms with Crippen LogP contribution in [0, 0.1) is 5.92 Å². The Morgan fingerprint density at radius 2 is 2.24 bits per heavy atom. The van der Waals surface area contributed by atoms with Crippen molar-refractivity contribution in [3.05, 3.63) is 41.2 Å². The van der Waals surface area contributed by atoms with Crippen LogP contribution in [0.25, 0.3) is 0 Å². The molecule has 5 heteroatoms. The summed E-state index contributed by atoms with van der Waals surface area (Å²) in [6.07, 6.45) is 8.04. The topological polar surface area (TPSA) is 45.2 Å². The number of hydrogen-bond acceptors (Lipinski definition) is 3. The molecule has 1 fully saturated rings. The van der Waals surface area contributed by atoms with Crippen molar-refractivity contribution in [3.63, 3.8) is 0 Å². The molecule has 0 saturated carbocycles. The number of allylic oxidation sites excluding steroid dienone is 1. The number of amides is 1. The second kappa shape index (κ2) is 8.15. The Balaban J connectivity index is 1.72. The quantitative estimate of drug-likeness (QED) is 0.851. The van der Waals surface area contributed by atoms with E-state index in [0.717, 1.165) is 39.0 Å². The number of hydrogen-bond donors (Lipinski definition) is 1. The molecule has 1 aliphatic rings. The predicted molar refractivity (Wildman–Crippen MR) is 85.6 cm³/mol. The molecule has 114 valence electrons. The van der Waals surface area contributed by atoms with Crippen molar-refractivity contribution in [1.82, 2.24) is 15.2 Å². The zero-order valence-electron chi connectivity index (χ0n) is 12.4. The summed E-state index contributed by atoms with van der Waals surface area (Å²) in [6.45, 7) is 6.01. The smallest absolute Gasteiger partial charge is 0.269 e. The van der Waals surface area contributed by atoms with E-state index in [4.69, 9.17) is 11.6 Å². The molecule has 2 heterocycles. The Kier molecular flexibility index (Phi) is 6.21. The number of rotatable bonds is 5. The minimum atomic E-state index is -0.122. The molecule has 1 aromatic heterocycles. The summed E-state index contributed by atoms with van der Waals surface area (Å²) in [5.74, 6) is 0.436. The molecule has 1 aliphatic heterocycles. The van der Waals surface area contributed by atoms with Gasteiger partial charge in [-0.1, -0.05) is 23.8 Å². The molecule has 1 N–H and O–H groups in total. The van der Waals surface area contributed by atoms with E-state index < -0.39 is 0 Å². The lowest BCUT2D eigenvalue weighted by Gasteiger charge is -2.31. The van der Waals surface area contributed by atoms with Gasteiger partial charge in [0.2, 0.25) is 0 Å². The minimum Gasteiger partial charge on any atom is -0.350 e. The highest BCUT2D eigenvalue weighted by molar-refractivity contribution is 6.30. The van der Waals surface area contributed by atoms with Crippen molar-refractivity contribution in [2.75, 3.05) is 26.2 Å². The molecule has 0 aromatic carbocycles. The van der Waals surface area contributed by atoms with Crippen LogP contribution in [0.2, 0.25) is 5.02 Å². The summed E-state index contributed by atoms with van der Waals surface area (Å²) in [4.78, 5) is 18.4. The second-order valence-corrected chi connectivity index (χ2v) is 5.82. The van der Waals surface area contributed by atoms with Crippen LogP contribution < -0.4 is 5.32 Å². The fourth-order valence-electron chi connectivity index (χ4n) is 2.47. The summed E-state index contributed by atoms with van der Waals surface area (Å²) >= 11 is 5.76. The third-order valence-corrected chi connectivity index (χ3v) is 4.04. The van der Waals surface area contributed by atoms with Gasteiger partial charge in [-0.2, -0.15) is 0 Å². The second-order valence-electron chi connectivity index (χ2n) is 5.38. The average Bonchev–Trinajstić information content (AvgIpc) is 2.52. The maximum absolute atomic E-state index is 12.0. The third-order valence-electron chi connectivity index (χ3n) is 3.82. The maximum atomic E-state index is 12.0. The van der Waals surface area contributed by atoms with Crippen LogP contribution in [0.15, 0.2) is 30.5 Å². The van der Waals surface area contributed by atoms with Crippen LogP contribution in [0.3, 0.4) is 0 Å². The van der Waals surface area contributed by atoms with Crippen LogP contribution >= 0.6 is 11.6 Å². The SMILES string of the molecule is CC=CCN1CCC(CNC(=O)c2ccc(Cl)cn2)CC1. The lowest BCUT2D eigenvalue weighted by molar-refractivity contribution is 0.0932. The van der Waals surface area contributed by atoms with Crippen molar-refractivity contribution >= 4 is 17.5 Å². The number of nitrogens with one attached hydrogen (secondary N) is 1. The Hall–Kier alpha value is -1.39. The van der Waals surface area contributed by atoms with E-state index in [9.17, 15) is 4.79 Å². The first-order valence-corrected chi connectivity index (χ1v) is 7.80. The van der Waals surface area contributed by atoms with Gasteiger partial charge in [0.25, 0.3) is 5.91 Å². The first-order chi connectivity index (χ1) is 10.2. The van der Waals surface area contributed by atoms with Gasteiger partial charge in [-0.05, 0) is 50.9 Å². The lowest BCUT2D eigenvalue weighted by Crippen LogP contribution is -2.38. The molecule has 0 bridgehead atoms. The number of aromatic nitrogens is 1. The fourth-order valence-corrected chi connectivity index (χ4v) is 2.58. The van der Waals surface area contributed by atoms with Crippen molar-refractivity contribution in [2.45, 2.75) is 19.8 Å². The van der Waals surface area contributed by atoms with E-state index in [1.165, 1.54) is 6.20 Å². The maximum Gasteiger partial charge on any atom is 0.269 e. The van der Waals surface area contributed by atoms with E-state index in [0.29, 0.717) is 16.6 Å². The van der Waals surface area contributed by atoms with Gasteiger partial charge in [0.05, 0.1) is 5.02 Å². The number of halogens is 1. The van der Waals surface area contributed by atoms with Crippen molar-refractivity contribution in [1.29, 1.82) is 0 Å². The molecular weight excluding hydrogens is 286 g/mol. The van der Waals surface area contributed by atoms with E-state index in [1.54, 1.807) is 12.1 Å². The standard InChI is InChI=1S/C16H22ClN3O/c1-2-3-8-20-9-6-13(7-10-20)11-19-16(21)15-5-4-14(17)12-18-15/h2-5,12-13H,6-11H2,1H3,(H,19,21).